The Morgan fingerprint density at radius 3 is 2.41 bits per heavy atom. The van der Waals surface area contributed by atoms with Gasteiger partial charge in [-0.3, -0.25) is 9.59 Å². The van der Waals surface area contributed by atoms with E-state index in [0.29, 0.717) is 18.6 Å². The van der Waals surface area contributed by atoms with Gasteiger partial charge in [0.15, 0.2) is 0 Å². The molecular weight excluding hydrogens is 368 g/mol. The van der Waals surface area contributed by atoms with Crippen LogP contribution < -0.4 is 10.6 Å². The van der Waals surface area contributed by atoms with Crippen molar-refractivity contribution in [3.8, 4) is 0 Å². The minimum absolute atomic E-state index is 0.0318. The summed E-state index contributed by atoms with van der Waals surface area (Å²) in [5.74, 6) is 0.712. The molecule has 3 aliphatic rings. The van der Waals surface area contributed by atoms with Crippen LogP contribution >= 0.6 is 0 Å². The van der Waals surface area contributed by atoms with Crippen LogP contribution in [0.3, 0.4) is 0 Å². The maximum Gasteiger partial charge on any atom is 0.225 e. The van der Waals surface area contributed by atoms with Gasteiger partial charge in [-0.25, -0.2) is 0 Å². The van der Waals surface area contributed by atoms with Crippen molar-refractivity contribution in [3.05, 3.63) is 0 Å². The molecule has 2 N–H and O–H groups in total. The summed E-state index contributed by atoms with van der Waals surface area (Å²) >= 11 is 0. The fraction of sp³-hybridized carbons (Fsp3) is 0.913. The van der Waals surface area contributed by atoms with E-state index in [4.69, 9.17) is 9.47 Å². The third-order valence-corrected chi connectivity index (χ3v) is 6.67. The van der Waals surface area contributed by atoms with Gasteiger partial charge in [0.05, 0.1) is 18.1 Å². The fourth-order valence-corrected chi connectivity index (χ4v) is 4.89. The molecule has 3 unspecified atom stereocenters. The molecule has 1 saturated heterocycles. The van der Waals surface area contributed by atoms with E-state index in [1.165, 1.54) is 0 Å². The second-order valence-corrected chi connectivity index (χ2v) is 9.59. The van der Waals surface area contributed by atoms with Gasteiger partial charge in [-0.2, -0.15) is 0 Å². The smallest absolute Gasteiger partial charge is 0.225 e. The summed E-state index contributed by atoms with van der Waals surface area (Å²) in [6.07, 6.45) is 10.1. The highest BCUT2D eigenvalue weighted by Gasteiger charge is 2.35. The molecule has 2 amide bonds. The van der Waals surface area contributed by atoms with E-state index in [0.717, 1.165) is 77.4 Å². The molecule has 2 aliphatic carbocycles. The largest absolute Gasteiger partial charge is 0.378 e. The Morgan fingerprint density at radius 1 is 0.966 bits per heavy atom. The van der Waals surface area contributed by atoms with Crippen molar-refractivity contribution < 1.29 is 19.1 Å². The zero-order valence-corrected chi connectivity index (χ0v) is 18.3. The maximum atomic E-state index is 12.9. The summed E-state index contributed by atoms with van der Waals surface area (Å²) in [6, 6.07) is -0.0318. The minimum atomic E-state index is -0.111. The maximum absolute atomic E-state index is 12.9. The van der Waals surface area contributed by atoms with Crippen LogP contribution in [0.25, 0.3) is 0 Å². The van der Waals surface area contributed by atoms with Gasteiger partial charge in [0.2, 0.25) is 11.8 Å². The number of nitrogens with one attached hydrogen (secondary N) is 2. The van der Waals surface area contributed by atoms with Crippen LogP contribution in [0.1, 0.15) is 78.1 Å². The van der Waals surface area contributed by atoms with Crippen LogP contribution in [0.2, 0.25) is 0 Å². The first-order chi connectivity index (χ1) is 14.0. The summed E-state index contributed by atoms with van der Waals surface area (Å²) in [5, 5.41) is 6.31. The lowest BCUT2D eigenvalue weighted by Gasteiger charge is -2.34. The molecule has 3 atom stereocenters. The Hall–Kier alpha value is -1.14. The number of rotatable bonds is 8. The molecule has 6 nitrogen and oxygen atoms in total. The van der Waals surface area contributed by atoms with Gasteiger partial charge in [-0.15, -0.1) is 0 Å². The number of carbonyl (C=O) groups excluding carboxylic acids is 2. The first-order valence-electron chi connectivity index (χ1n) is 11.8. The number of hydrogen-bond acceptors (Lipinski definition) is 4. The first-order valence-corrected chi connectivity index (χ1v) is 11.8. The van der Waals surface area contributed by atoms with Crippen LogP contribution in [0.4, 0.5) is 0 Å². The number of hydrogen-bond donors (Lipinski definition) is 2. The zero-order valence-electron chi connectivity index (χ0n) is 18.3. The topological polar surface area (TPSA) is 76.7 Å². The van der Waals surface area contributed by atoms with Crippen LogP contribution in [0, 0.1) is 17.8 Å². The normalized spacial score (nSPS) is 32.9. The van der Waals surface area contributed by atoms with Gasteiger partial charge in [0.1, 0.15) is 0 Å². The minimum Gasteiger partial charge on any atom is -0.378 e. The standard InChI is InChI=1S/C23H40N2O4/c1-16(2)15-29-18-11-9-17(10-12-18)22(26)25-21-8-4-3-7-20(21)23(27)24-14-19-6-5-13-28-19/h16-21H,3-15H2,1-2H3,(H,24,27)(H,25,26). The van der Waals surface area contributed by atoms with E-state index < -0.39 is 0 Å². The highest BCUT2D eigenvalue weighted by atomic mass is 16.5. The molecule has 6 heteroatoms. The van der Waals surface area contributed by atoms with Gasteiger partial charge in [0, 0.05) is 31.7 Å². The van der Waals surface area contributed by atoms with Crippen LogP contribution in [-0.4, -0.2) is 49.8 Å². The van der Waals surface area contributed by atoms with E-state index in [-0.39, 0.29) is 35.8 Å². The molecule has 0 spiro atoms. The third-order valence-electron chi connectivity index (χ3n) is 6.67. The Bertz CT molecular complexity index is 525. The van der Waals surface area contributed by atoms with Crippen molar-refractivity contribution in [3.63, 3.8) is 0 Å². The third kappa shape index (κ3) is 6.95. The summed E-state index contributed by atoms with van der Waals surface area (Å²) in [5.41, 5.74) is 0. The van der Waals surface area contributed by atoms with Crippen molar-refractivity contribution in [1.82, 2.24) is 10.6 Å². The molecule has 3 fully saturated rings. The second kappa shape index (κ2) is 11.3. The molecule has 29 heavy (non-hydrogen) atoms. The van der Waals surface area contributed by atoms with Gasteiger partial charge >= 0.3 is 0 Å². The molecule has 2 saturated carbocycles. The summed E-state index contributed by atoms with van der Waals surface area (Å²) in [6.45, 7) is 6.52. The SMILES string of the molecule is CC(C)COC1CCC(C(=O)NC2CCCCC2C(=O)NCC2CCCO2)CC1. The van der Waals surface area contributed by atoms with Crippen LogP contribution in [0.5, 0.6) is 0 Å². The molecule has 166 valence electrons. The summed E-state index contributed by atoms with van der Waals surface area (Å²) in [4.78, 5) is 25.6. The molecule has 1 heterocycles. The zero-order chi connectivity index (χ0) is 20.6. The lowest BCUT2D eigenvalue weighted by Crippen LogP contribution is -2.50. The van der Waals surface area contributed by atoms with Gasteiger partial charge in [-0.05, 0) is 57.3 Å². The van der Waals surface area contributed by atoms with Gasteiger partial charge < -0.3 is 20.1 Å². The molecule has 0 aromatic carbocycles. The molecule has 0 radical (unpaired) electrons. The van der Waals surface area contributed by atoms with E-state index in [9.17, 15) is 9.59 Å². The summed E-state index contributed by atoms with van der Waals surface area (Å²) < 4.78 is 11.6. The van der Waals surface area contributed by atoms with Crippen molar-refractivity contribution in [1.29, 1.82) is 0 Å². The number of ether oxygens (including phenoxy) is 2. The van der Waals surface area contributed by atoms with Crippen LogP contribution in [0.15, 0.2) is 0 Å². The van der Waals surface area contributed by atoms with E-state index in [1.54, 1.807) is 0 Å². The monoisotopic (exact) mass is 408 g/mol. The molecule has 0 aromatic heterocycles. The van der Waals surface area contributed by atoms with Crippen molar-refractivity contribution in [2.45, 2.75) is 96.3 Å². The highest BCUT2D eigenvalue weighted by Crippen LogP contribution is 2.29. The Labute approximate surface area is 175 Å². The van der Waals surface area contributed by atoms with E-state index >= 15 is 0 Å². The second-order valence-electron chi connectivity index (χ2n) is 9.59. The van der Waals surface area contributed by atoms with Crippen molar-refractivity contribution >= 4 is 11.8 Å². The van der Waals surface area contributed by atoms with Crippen molar-refractivity contribution in [2.75, 3.05) is 19.8 Å². The average molecular weight is 409 g/mol. The van der Waals surface area contributed by atoms with E-state index in [1.807, 2.05) is 0 Å². The van der Waals surface area contributed by atoms with Crippen molar-refractivity contribution in [2.24, 2.45) is 17.8 Å². The summed E-state index contributed by atoms with van der Waals surface area (Å²) in [7, 11) is 0. The van der Waals surface area contributed by atoms with E-state index in [2.05, 4.69) is 24.5 Å². The van der Waals surface area contributed by atoms with Gasteiger partial charge in [-0.1, -0.05) is 26.7 Å². The Kier molecular flexibility index (Phi) is 8.79. The molecule has 3 rings (SSSR count). The quantitative estimate of drug-likeness (QED) is 0.647. The predicted octanol–water partition coefficient (Wildman–Crippen LogP) is 3.19. The Morgan fingerprint density at radius 2 is 1.72 bits per heavy atom. The molecule has 0 aromatic rings. The predicted molar refractivity (Wildman–Crippen MR) is 112 cm³/mol. The first kappa shape index (κ1) is 22.5. The molecular formula is C23H40N2O4. The molecule has 1 aliphatic heterocycles. The number of amides is 2. The highest BCUT2D eigenvalue weighted by molar-refractivity contribution is 5.82. The lowest BCUT2D eigenvalue weighted by atomic mass is 9.82. The average Bonchev–Trinajstić information content (AvgIpc) is 3.25. The van der Waals surface area contributed by atoms with Crippen LogP contribution in [-0.2, 0) is 19.1 Å². The lowest BCUT2D eigenvalue weighted by molar-refractivity contribution is -0.131. The fourth-order valence-electron chi connectivity index (χ4n) is 4.89. The molecule has 0 bridgehead atoms. The number of carbonyl (C=O) groups is 2. The Balaban J connectivity index is 1.43. The van der Waals surface area contributed by atoms with Gasteiger partial charge in [0.25, 0.3) is 0 Å².